The fourth-order valence-electron chi connectivity index (χ4n) is 2.37. The zero-order valence-corrected chi connectivity index (χ0v) is 9.74. The Balaban J connectivity index is 2.30. The minimum Gasteiger partial charge on any atom is -0.356 e. The summed E-state index contributed by atoms with van der Waals surface area (Å²) in [5, 5.41) is 1.38. The number of benzene rings is 1. The van der Waals surface area contributed by atoms with E-state index in [-0.39, 0.29) is 5.82 Å². The van der Waals surface area contributed by atoms with Gasteiger partial charge in [0.05, 0.1) is 5.52 Å². The Bertz CT molecular complexity index is 562. The molecule has 84 valence electrons. The Morgan fingerprint density at radius 3 is 3.06 bits per heavy atom. The van der Waals surface area contributed by atoms with Crippen molar-refractivity contribution in [1.29, 1.82) is 0 Å². The summed E-state index contributed by atoms with van der Waals surface area (Å²) in [4.78, 5) is 5.40. The summed E-state index contributed by atoms with van der Waals surface area (Å²) in [5.74, 6) is -0.264. The molecule has 1 aliphatic rings. The maximum atomic E-state index is 13.7. The average molecular weight is 239 g/mol. The predicted molar refractivity (Wildman–Crippen MR) is 63.3 cm³/mol. The van der Waals surface area contributed by atoms with Crippen LogP contribution in [0.25, 0.3) is 10.9 Å². The molecule has 1 aromatic heterocycles. The van der Waals surface area contributed by atoms with Crippen molar-refractivity contribution in [3.8, 4) is 0 Å². The van der Waals surface area contributed by atoms with Crippen LogP contribution in [0.1, 0.15) is 11.3 Å². The first-order chi connectivity index (χ1) is 7.65. The standard InChI is InChI=1S/C12H12ClFN2/c1-16-3-2-11-9(6-16)8-4-7(13)5-10(14)12(8)15-11/h4-5,15H,2-3,6H2,1H3. The second-order valence-electron chi connectivity index (χ2n) is 4.38. The van der Waals surface area contributed by atoms with E-state index in [1.807, 2.05) is 6.07 Å². The van der Waals surface area contributed by atoms with Gasteiger partial charge in [-0.1, -0.05) is 11.6 Å². The molecule has 1 aliphatic heterocycles. The molecule has 1 N–H and O–H groups in total. The first kappa shape index (κ1) is 10.1. The Labute approximate surface area is 98.0 Å². The molecular weight excluding hydrogens is 227 g/mol. The molecule has 2 heterocycles. The van der Waals surface area contributed by atoms with Gasteiger partial charge in [-0.05, 0) is 24.7 Å². The predicted octanol–water partition coefficient (Wildman–Crippen LogP) is 2.95. The second-order valence-corrected chi connectivity index (χ2v) is 4.82. The fourth-order valence-corrected chi connectivity index (χ4v) is 2.58. The van der Waals surface area contributed by atoms with E-state index in [2.05, 4.69) is 16.9 Å². The normalized spacial score (nSPS) is 16.7. The smallest absolute Gasteiger partial charge is 0.148 e. The Morgan fingerprint density at radius 2 is 2.25 bits per heavy atom. The van der Waals surface area contributed by atoms with Gasteiger partial charge >= 0.3 is 0 Å². The number of hydrogen-bond donors (Lipinski definition) is 1. The summed E-state index contributed by atoms with van der Waals surface area (Å²) >= 11 is 5.89. The molecule has 0 fully saturated rings. The fraction of sp³-hybridized carbons (Fsp3) is 0.333. The molecule has 3 rings (SSSR count). The average Bonchev–Trinajstić information content (AvgIpc) is 2.57. The first-order valence-electron chi connectivity index (χ1n) is 5.32. The molecule has 0 aliphatic carbocycles. The van der Waals surface area contributed by atoms with Gasteiger partial charge in [0.1, 0.15) is 5.82 Å². The highest BCUT2D eigenvalue weighted by Crippen LogP contribution is 2.30. The third kappa shape index (κ3) is 1.43. The first-order valence-corrected chi connectivity index (χ1v) is 5.70. The van der Waals surface area contributed by atoms with Crippen molar-refractivity contribution < 1.29 is 4.39 Å². The minimum absolute atomic E-state index is 0.264. The largest absolute Gasteiger partial charge is 0.356 e. The van der Waals surface area contributed by atoms with Crippen LogP contribution in [-0.2, 0) is 13.0 Å². The molecule has 4 heteroatoms. The van der Waals surface area contributed by atoms with Gasteiger partial charge in [-0.25, -0.2) is 4.39 Å². The van der Waals surface area contributed by atoms with Crippen LogP contribution >= 0.6 is 11.6 Å². The Kier molecular flexibility index (Phi) is 2.19. The molecule has 0 saturated heterocycles. The monoisotopic (exact) mass is 238 g/mol. The summed E-state index contributed by atoms with van der Waals surface area (Å²) in [6.07, 6.45) is 0.942. The molecule has 2 nitrogen and oxygen atoms in total. The lowest BCUT2D eigenvalue weighted by Gasteiger charge is -2.22. The number of nitrogens with one attached hydrogen (secondary N) is 1. The molecule has 0 bridgehead atoms. The van der Waals surface area contributed by atoms with Crippen molar-refractivity contribution in [2.45, 2.75) is 13.0 Å². The van der Waals surface area contributed by atoms with Crippen LogP contribution in [0, 0.1) is 5.82 Å². The quantitative estimate of drug-likeness (QED) is 0.748. The zero-order valence-electron chi connectivity index (χ0n) is 8.98. The van der Waals surface area contributed by atoms with E-state index >= 15 is 0 Å². The number of likely N-dealkylation sites (N-methyl/N-ethyl adjacent to an activating group) is 1. The number of nitrogens with zero attached hydrogens (tertiary/aromatic N) is 1. The minimum atomic E-state index is -0.264. The van der Waals surface area contributed by atoms with Crippen LogP contribution in [0.2, 0.25) is 5.02 Å². The highest BCUT2D eigenvalue weighted by molar-refractivity contribution is 6.31. The van der Waals surface area contributed by atoms with Crippen LogP contribution in [-0.4, -0.2) is 23.5 Å². The van der Waals surface area contributed by atoms with Crippen LogP contribution < -0.4 is 0 Å². The molecule has 2 aromatic rings. The van der Waals surface area contributed by atoms with Gasteiger partial charge in [0, 0.05) is 35.6 Å². The number of rotatable bonds is 0. The number of fused-ring (bicyclic) bond motifs is 3. The highest BCUT2D eigenvalue weighted by atomic mass is 35.5. The van der Waals surface area contributed by atoms with Crippen molar-refractivity contribution in [2.24, 2.45) is 0 Å². The summed E-state index contributed by atoms with van der Waals surface area (Å²) in [5.41, 5.74) is 2.92. The molecule has 0 amide bonds. The lowest BCUT2D eigenvalue weighted by atomic mass is 10.1. The van der Waals surface area contributed by atoms with Gasteiger partial charge in [0.15, 0.2) is 0 Å². The highest BCUT2D eigenvalue weighted by Gasteiger charge is 2.20. The van der Waals surface area contributed by atoms with Crippen LogP contribution in [0.5, 0.6) is 0 Å². The number of H-pyrrole nitrogens is 1. The van der Waals surface area contributed by atoms with Crippen molar-refractivity contribution in [3.63, 3.8) is 0 Å². The maximum absolute atomic E-state index is 13.7. The Morgan fingerprint density at radius 1 is 1.44 bits per heavy atom. The van der Waals surface area contributed by atoms with E-state index in [1.165, 1.54) is 11.6 Å². The summed E-state index contributed by atoms with van der Waals surface area (Å²) in [6.45, 7) is 1.87. The number of halogens is 2. The zero-order chi connectivity index (χ0) is 11.3. The van der Waals surface area contributed by atoms with E-state index < -0.39 is 0 Å². The van der Waals surface area contributed by atoms with Crippen molar-refractivity contribution >= 4 is 22.5 Å². The molecular formula is C12H12ClFN2. The Hall–Kier alpha value is -1.06. The third-order valence-corrected chi connectivity index (χ3v) is 3.41. The van der Waals surface area contributed by atoms with Gasteiger partial charge in [-0.2, -0.15) is 0 Å². The van der Waals surface area contributed by atoms with Crippen LogP contribution in [0.3, 0.4) is 0 Å². The maximum Gasteiger partial charge on any atom is 0.148 e. The van der Waals surface area contributed by atoms with E-state index in [0.29, 0.717) is 10.5 Å². The summed E-state index contributed by atoms with van der Waals surface area (Å²) in [6, 6.07) is 3.20. The molecule has 1 aromatic carbocycles. The van der Waals surface area contributed by atoms with Gasteiger partial charge in [0.2, 0.25) is 0 Å². The molecule has 0 unspecified atom stereocenters. The number of aromatic amines is 1. The third-order valence-electron chi connectivity index (χ3n) is 3.19. The SMILES string of the molecule is CN1CCc2[nH]c3c(F)cc(Cl)cc3c2C1. The summed E-state index contributed by atoms with van der Waals surface area (Å²) in [7, 11) is 2.07. The van der Waals surface area contributed by atoms with E-state index in [4.69, 9.17) is 11.6 Å². The molecule has 16 heavy (non-hydrogen) atoms. The molecule has 0 saturated carbocycles. The van der Waals surface area contributed by atoms with E-state index in [1.54, 1.807) is 0 Å². The van der Waals surface area contributed by atoms with Gasteiger partial charge < -0.3 is 9.88 Å². The topological polar surface area (TPSA) is 19.0 Å². The molecule has 0 atom stereocenters. The van der Waals surface area contributed by atoms with E-state index in [0.717, 1.165) is 30.6 Å². The van der Waals surface area contributed by atoms with Gasteiger partial charge in [-0.3, -0.25) is 0 Å². The van der Waals surface area contributed by atoms with Crippen molar-refractivity contribution in [2.75, 3.05) is 13.6 Å². The summed E-state index contributed by atoms with van der Waals surface area (Å²) < 4.78 is 13.7. The van der Waals surface area contributed by atoms with Gasteiger partial charge in [-0.15, -0.1) is 0 Å². The molecule has 0 spiro atoms. The van der Waals surface area contributed by atoms with Crippen LogP contribution in [0.4, 0.5) is 4.39 Å². The van der Waals surface area contributed by atoms with Crippen LogP contribution in [0.15, 0.2) is 12.1 Å². The second kappa shape index (κ2) is 3.47. The number of aromatic nitrogens is 1. The lowest BCUT2D eigenvalue weighted by molar-refractivity contribution is 0.313. The van der Waals surface area contributed by atoms with Crippen molar-refractivity contribution in [1.82, 2.24) is 9.88 Å². The van der Waals surface area contributed by atoms with Gasteiger partial charge in [0.25, 0.3) is 0 Å². The lowest BCUT2D eigenvalue weighted by Crippen LogP contribution is -2.25. The molecule has 0 radical (unpaired) electrons. The van der Waals surface area contributed by atoms with Crippen molar-refractivity contribution in [3.05, 3.63) is 34.2 Å². The van der Waals surface area contributed by atoms with E-state index in [9.17, 15) is 4.39 Å². The number of hydrogen-bond acceptors (Lipinski definition) is 1.